The summed E-state index contributed by atoms with van der Waals surface area (Å²) in [7, 11) is 1.62. The highest BCUT2D eigenvalue weighted by molar-refractivity contribution is 5.73. The lowest BCUT2D eigenvalue weighted by Crippen LogP contribution is -2.33. The average Bonchev–Trinajstić information content (AvgIpc) is 1.98. The normalized spacial score (nSPS) is 9.00. The zero-order valence-corrected chi connectivity index (χ0v) is 6.74. The van der Waals surface area contributed by atoms with E-state index in [0.717, 1.165) is 13.0 Å². The molecule has 2 amide bonds. The van der Waals surface area contributed by atoms with Crippen LogP contribution in [0.15, 0.2) is 0 Å². The number of carbonyl (C=O) groups excluding carboxylic acids is 1. The van der Waals surface area contributed by atoms with Crippen molar-refractivity contribution >= 4 is 6.03 Å². The molecular weight excluding hydrogens is 128 g/mol. The summed E-state index contributed by atoms with van der Waals surface area (Å²) in [6, 6.07) is -0.0869. The molecule has 2 N–H and O–H groups in total. The van der Waals surface area contributed by atoms with Gasteiger partial charge in [0.2, 0.25) is 0 Å². The van der Waals surface area contributed by atoms with Crippen LogP contribution < -0.4 is 10.6 Å². The van der Waals surface area contributed by atoms with Gasteiger partial charge in [-0.1, -0.05) is 19.8 Å². The van der Waals surface area contributed by atoms with Crippen LogP contribution >= 0.6 is 0 Å². The lowest BCUT2D eigenvalue weighted by molar-refractivity contribution is 0.242. The third-order valence-corrected chi connectivity index (χ3v) is 1.29. The Balaban J connectivity index is -0.000000405. The quantitative estimate of drug-likeness (QED) is 0.584. The van der Waals surface area contributed by atoms with E-state index in [1.807, 2.05) is 0 Å². The molecule has 0 bridgehead atoms. The number of unbranched alkanes of at least 4 members (excludes halogenated alkanes) is 2. The van der Waals surface area contributed by atoms with Crippen molar-refractivity contribution < 1.29 is 7.65 Å². The first-order valence-corrected chi connectivity index (χ1v) is 3.76. The van der Waals surface area contributed by atoms with Crippen molar-refractivity contribution in [3.8, 4) is 0 Å². The number of hydrogen-bond acceptors (Lipinski definition) is 1. The van der Waals surface area contributed by atoms with Crippen LogP contribution in [-0.4, -0.2) is 19.6 Å². The summed E-state index contributed by atoms with van der Waals surface area (Å²) in [5.74, 6) is 0. The zero-order chi connectivity index (χ0) is 7.82. The minimum Gasteiger partial charge on any atom is -0.341 e. The molecule has 0 fully saturated rings. The fourth-order valence-electron chi connectivity index (χ4n) is 0.665. The first-order valence-electron chi connectivity index (χ1n) is 3.76. The maximum atomic E-state index is 10.6. The van der Waals surface area contributed by atoms with Gasteiger partial charge in [-0.2, -0.15) is 0 Å². The maximum absolute atomic E-state index is 10.6. The van der Waals surface area contributed by atoms with Gasteiger partial charge in [0, 0.05) is 16.4 Å². The number of urea groups is 1. The molecule has 3 heteroatoms. The predicted molar refractivity (Wildman–Crippen MR) is 46.2 cm³/mol. The smallest absolute Gasteiger partial charge is 0.314 e. The summed E-state index contributed by atoms with van der Waals surface area (Å²) in [5, 5.41) is 5.21. The van der Waals surface area contributed by atoms with Gasteiger partial charge < -0.3 is 10.6 Å². The van der Waals surface area contributed by atoms with Crippen LogP contribution in [0, 0.1) is 0 Å². The summed E-state index contributed by atoms with van der Waals surface area (Å²) < 4.78 is 0. The van der Waals surface area contributed by atoms with Crippen LogP contribution in [0.1, 0.15) is 29.0 Å². The van der Waals surface area contributed by atoms with Crippen molar-refractivity contribution in [1.29, 1.82) is 0 Å². The summed E-state index contributed by atoms with van der Waals surface area (Å²) in [5.41, 5.74) is 0. The van der Waals surface area contributed by atoms with Crippen molar-refractivity contribution in [2.45, 2.75) is 26.2 Å². The van der Waals surface area contributed by atoms with Crippen molar-refractivity contribution in [3.05, 3.63) is 0 Å². The molecule has 0 heterocycles. The van der Waals surface area contributed by atoms with Crippen LogP contribution in [0.4, 0.5) is 4.79 Å². The second-order valence-corrected chi connectivity index (χ2v) is 2.21. The van der Waals surface area contributed by atoms with E-state index in [0.29, 0.717) is 0 Å². The van der Waals surface area contributed by atoms with Crippen LogP contribution in [0.25, 0.3) is 0 Å². The Bertz CT molecular complexity index is 101. The molecular formula is C7H20N2O. The molecule has 0 aliphatic heterocycles. The van der Waals surface area contributed by atoms with E-state index >= 15 is 0 Å². The highest BCUT2D eigenvalue weighted by atomic mass is 16.2. The lowest BCUT2D eigenvalue weighted by Gasteiger charge is -2.01. The fraction of sp³-hybridized carbons (Fsp3) is 0.857. The largest absolute Gasteiger partial charge is 0.341 e. The molecule has 0 aromatic carbocycles. The van der Waals surface area contributed by atoms with Gasteiger partial charge in [0.1, 0.15) is 0 Å². The van der Waals surface area contributed by atoms with E-state index in [4.69, 9.17) is 0 Å². The average molecular weight is 148 g/mol. The molecule has 0 aromatic rings. The van der Waals surface area contributed by atoms with E-state index in [1.165, 1.54) is 12.8 Å². The first kappa shape index (κ1) is 9.27. The first-order chi connectivity index (χ1) is 4.81. The van der Waals surface area contributed by atoms with Crippen LogP contribution in [0.5, 0.6) is 0 Å². The third kappa shape index (κ3) is 5.41. The Hall–Kier alpha value is -0.730. The summed E-state index contributed by atoms with van der Waals surface area (Å²) >= 11 is 0. The molecule has 0 aliphatic rings. The molecule has 3 nitrogen and oxygen atoms in total. The Morgan fingerprint density at radius 2 is 2.20 bits per heavy atom. The maximum Gasteiger partial charge on any atom is 0.314 e. The van der Waals surface area contributed by atoms with E-state index in [1.54, 1.807) is 7.05 Å². The van der Waals surface area contributed by atoms with Gasteiger partial charge in [0.25, 0.3) is 0 Å². The second kappa shape index (κ2) is 6.39. The molecule has 0 radical (unpaired) electrons. The van der Waals surface area contributed by atoms with Crippen LogP contribution in [0.3, 0.4) is 0 Å². The Morgan fingerprint density at radius 3 is 2.70 bits per heavy atom. The standard InChI is InChI=1S/C7H16N2O.2H2/c1-3-4-5-6-9-7(10)8-2;;/h3-6H2,1-2H3,(H2,8,9,10);2*1H. The summed E-state index contributed by atoms with van der Waals surface area (Å²) in [6.07, 6.45) is 3.45. The van der Waals surface area contributed by atoms with Gasteiger partial charge in [0.05, 0.1) is 0 Å². The number of amides is 2. The minimum atomic E-state index is -0.0869. The number of rotatable bonds is 4. The van der Waals surface area contributed by atoms with E-state index < -0.39 is 0 Å². The molecule has 0 atom stereocenters. The van der Waals surface area contributed by atoms with Gasteiger partial charge >= 0.3 is 6.03 Å². The summed E-state index contributed by atoms with van der Waals surface area (Å²) in [6.45, 7) is 2.92. The highest BCUT2D eigenvalue weighted by Gasteiger charge is 1.91. The molecule has 0 aliphatic carbocycles. The minimum absolute atomic E-state index is 0. The SMILES string of the molecule is CCCCCNC(=O)NC.[HH].[HH]. The van der Waals surface area contributed by atoms with Crippen molar-refractivity contribution in [2.24, 2.45) is 0 Å². The highest BCUT2D eigenvalue weighted by Crippen LogP contribution is 1.90. The number of carbonyl (C=O) groups is 1. The van der Waals surface area contributed by atoms with Gasteiger partial charge in [-0.25, -0.2) is 4.79 Å². The summed E-state index contributed by atoms with van der Waals surface area (Å²) in [4.78, 5) is 10.6. The van der Waals surface area contributed by atoms with E-state index in [9.17, 15) is 4.79 Å². The Morgan fingerprint density at radius 1 is 1.50 bits per heavy atom. The lowest BCUT2D eigenvalue weighted by atomic mass is 10.2. The van der Waals surface area contributed by atoms with E-state index in [-0.39, 0.29) is 8.88 Å². The van der Waals surface area contributed by atoms with E-state index in [2.05, 4.69) is 17.6 Å². The monoisotopic (exact) mass is 148 g/mol. The molecule has 0 rings (SSSR count). The molecule has 0 aromatic heterocycles. The topological polar surface area (TPSA) is 41.1 Å². The molecule has 0 unspecified atom stereocenters. The van der Waals surface area contributed by atoms with Gasteiger partial charge in [-0.05, 0) is 6.42 Å². The van der Waals surface area contributed by atoms with Gasteiger partial charge in [-0.3, -0.25) is 0 Å². The third-order valence-electron chi connectivity index (χ3n) is 1.29. The Kier molecular flexibility index (Phi) is 5.92. The van der Waals surface area contributed by atoms with Crippen molar-refractivity contribution in [3.63, 3.8) is 0 Å². The molecule has 10 heavy (non-hydrogen) atoms. The van der Waals surface area contributed by atoms with Crippen LogP contribution in [-0.2, 0) is 0 Å². The molecule has 0 saturated carbocycles. The molecule has 0 spiro atoms. The van der Waals surface area contributed by atoms with Crippen molar-refractivity contribution in [2.75, 3.05) is 13.6 Å². The predicted octanol–water partition coefficient (Wildman–Crippen LogP) is 1.60. The van der Waals surface area contributed by atoms with Crippen LogP contribution in [0.2, 0.25) is 0 Å². The second-order valence-electron chi connectivity index (χ2n) is 2.21. The molecule has 64 valence electrons. The van der Waals surface area contributed by atoms with Gasteiger partial charge in [-0.15, -0.1) is 0 Å². The van der Waals surface area contributed by atoms with Gasteiger partial charge in [0.15, 0.2) is 0 Å². The van der Waals surface area contributed by atoms with Crippen molar-refractivity contribution in [1.82, 2.24) is 10.6 Å². The number of nitrogens with one attached hydrogen (secondary N) is 2. The number of hydrogen-bond donors (Lipinski definition) is 2. The Labute approximate surface area is 65.2 Å². The zero-order valence-electron chi connectivity index (χ0n) is 6.74. The molecule has 0 saturated heterocycles. The fourth-order valence-corrected chi connectivity index (χ4v) is 0.665.